The fourth-order valence-corrected chi connectivity index (χ4v) is 2.03. The van der Waals surface area contributed by atoms with Gasteiger partial charge in [0.1, 0.15) is 0 Å². The summed E-state index contributed by atoms with van der Waals surface area (Å²) < 4.78 is 10.3. The van der Waals surface area contributed by atoms with E-state index in [0.717, 1.165) is 0 Å². The molecule has 0 spiro atoms. The minimum atomic E-state index is -0.348. The standard InChI is InChI=1S/C15H15ClN2O3/c1-20-13-6-4-10(8-14(13)21-2)18-15(19)11-7-9(17)3-5-12(11)16/h3-8H,17H2,1-2H3,(H,18,19). The lowest BCUT2D eigenvalue weighted by atomic mass is 10.2. The van der Waals surface area contributed by atoms with Crippen molar-refractivity contribution in [2.75, 3.05) is 25.3 Å². The number of nitrogens with two attached hydrogens (primary N) is 1. The van der Waals surface area contributed by atoms with Gasteiger partial charge in [0.25, 0.3) is 5.91 Å². The molecule has 2 aromatic rings. The predicted molar refractivity (Wildman–Crippen MR) is 83.4 cm³/mol. The zero-order valence-corrected chi connectivity index (χ0v) is 12.4. The van der Waals surface area contributed by atoms with E-state index in [1.54, 1.807) is 37.4 Å². The van der Waals surface area contributed by atoms with E-state index in [9.17, 15) is 4.79 Å². The van der Waals surface area contributed by atoms with Crippen molar-refractivity contribution in [1.29, 1.82) is 0 Å². The number of nitrogen functional groups attached to an aromatic ring is 1. The number of halogens is 1. The molecule has 0 fully saturated rings. The van der Waals surface area contributed by atoms with Crippen LogP contribution in [0.1, 0.15) is 10.4 Å². The lowest BCUT2D eigenvalue weighted by molar-refractivity contribution is 0.102. The van der Waals surface area contributed by atoms with E-state index in [-0.39, 0.29) is 5.91 Å². The van der Waals surface area contributed by atoms with Crippen LogP contribution in [0.4, 0.5) is 11.4 Å². The molecule has 0 aliphatic heterocycles. The molecule has 0 radical (unpaired) electrons. The molecule has 21 heavy (non-hydrogen) atoms. The third-order valence-electron chi connectivity index (χ3n) is 2.88. The molecule has 2 aromatic carbocycles. The van der Waals surface area contributed by atoms with Crippen molar-refractivity contribution in [3.05, 3.63) is 47.0 Å². The van der Waals surface area contributed by atoms with Crippen LogP contribution in [0.5, 0.6) is 11.5 Å². The van der Waals surface area contributed by atoms with Crippen LogP contribution in [-0.4, -0.2) is 20.1 Å². The van der Waals surface area contributed by atoms with Crippen LogP contribution in [0.25, 0.3) is 0 Å². The summed E-state index contributed by atoms with van der Waals surface area (Å²) in [5.41, 5.74) is 7.01. The molecule has 0 aromatic heterocycles. The molecule has 0 heterocycles. The molecule has 0 aliphatic carbocycles. The van der Waals surface area contributed by atoms with E-state index in [2.05, 4.69) is 5.32 Å². The predicted octanol–water partition coefficient (Wildman–Crippen LogP) is 3.19. The number of nitrogens with one attached hydrogen (secondary N) is 1. The van der Waals surface area contributed by atoms with Crippen molar-refractivity contribution in [3.63, 3.8) is 0 Å². The molecule has 6 heteroatoms. The van der Waals surface area contributed by atoms with E-state index in [0.29, 0.717) is 33.5 Å². The van der Waals surface area contributed by atoms with Crippen LogP contribution >= 0.6 is 11.6 Å². The van der Waals surface area contributed by atoms with E-state index >= 15 is 0 Å². The van der Waals surface area contributed by atoms with E-state index in [1.165, 1.54) is 13.2 Å². The molecule has 0 unspecified atom stereocenters. The topological polar surface area (TPSA) is 73.6 Å². The largest absolute Gasteiger partial charge is 0.493 e. The summed E-state index contributed by atoms with van der Waals surface area (Å²) in [6.45, 7) is 0. The average Bonchev–Trinajstić information content (AvgIpc) is 2.49. The van der Waals surface area contributed by atoms with Gasteiger partial charge in [-0.3, -0.25) is 4.79 Å². The van der Waals surface area contributed by atoms with Gasteiger partial charge in [0.2, 0.25) is 0 Å². The molecule has 0 bridgehead atoms. The highest BCUT2D eigenvalue weighted by Crippen LogP contribution is 2.30. The smallest absolute Gasteiger partial charge is 0.257 e. The highest BCUT2D eigenvalue weighted by Gasteiger charge is 2.12. The van der Waals surface area contributed by atoms with Gasteiger partial charge < -0.3 is 20.5 Å². The number of ether oxygens (including phenoxy) is 2. The lowest BCUT2D eigenvalue weighted by Crippen LogP contribution is -2.13. The minimum Gasteiger partial charge on any atom is -0.493 e. The fraction of sp³-hybridized carbons (Fsp3) is 0.133. The number of carbonyl (C=O) groups excluding carboxylic acids is 1. The molecule has 0 atom stereocenters. The zero-order valence-electron chi connectivity index (χ0n) is 11.6. The summed E-state index contributed by atoms with van der Waals surface area (Å²) in [5.74, 6) is 0.756. The molecule has 0 saturated carbocycles. The van der Waals surface area contributed by atoms with Gasteiger partial charge >= 0.3 is 0 Å². The van der Waals surface area contributed by atoms with E-state index in [1.807, 2.05) is 0 Å². The van der Waals surface area contributed by atoms with Crippen LogP contribution < -0.4 is 20.5 Å². The van der Waals surface area contributed by atoms with Gasteiger partial charge in [-0.2, -0.15) is 0 Å². The summed E-state index contributed by atoms with van der Waals surface area (Å²) >= 11 is 6.00. The Hall–Kier alpha value is -2.40. The van der Waals surface area contributed by atoms with Crippen molar-refractivity contribution in [2.24, 2.45) is 0 Å². The Morgan fingerprint density at radius 3 is 2.48 bits per heavy atom. The maximum Gasteiger partial charge on any atom is 0.257 e. The number of amides is 1. The van der Waals surface area contributed by atoms with Crippen molar-refractivity contribution in [1.82, 2.24) is 0 Å². The maximum atomic E-state index is 12.2. The Bertz CT molecular complexity index is 674. The van der Waals surface area contributed by atoms with Crippen LogP contribution in [-0.2, 0) is 0 Å². The number of benzene rings is 2. The van der Waals surface area contributed by atoms with Crippen molar-refractivity contribution < 1.29 is 14.3 Å². The van der Waals surface area contributed by atoms with Gasteiger partial charge in [0.05, 0.1) is 24.8 Å². The fourth-order valence-electron chi connectivity index (χ4n) is 1.83. The number of methoxy groups -OCH3 is 2. The van der Waals surface area contributed by atoms with Gasteiger partial charge in [-0.25, -0.2) is 0 Å². The maximum absolute atomic E-state index is 12.2. The summed E-state index contributed by atoms with van der Waals surface area (Å²) in [5, 5.41) is 3.07. The minimum absolute atomic E-state index is 0.312. The SMILES string of the molecule is COc1ccc(NC(=O)c2cc(N)ccc2Cl)cc1OC. The zero-order chi connectivity index (χ0) is 15.4. The first-order valence-electron chi connectivity index (χ1n) is 6.13. The van der Waals surface area contributed by atoms with Gasteiger partial charge in [0.15, 0.2) is 11.5 Å². The molecule has 0 saturated heterocycles. The van der Waals surface area contributed by atoms with E-state index < -0.39 is 0 Å². The monoisotopic (exact) mass is 306 g/mol. The summed E-state index contributed by atoms with van der Waals surface area (Å²) in [7, 11) is 3.07. The third kappa shape index (κ3) is 3.38. The highest BCUT2D eigenvalue weighted by atomic mass is 35.5. The second kappa shape index (κ2) is 6.37. The lowest BCUT2D eigenvalue weighted by Gasteiger charge is -2.11. The van der Waals surface area contributed by atoms with Gasteiger partial charge in [-0.05, 0) is 30.3 Å². The van der Waals surface area contributed by atoms with E-state index in [4.69, 9.17) is 26.8 Å². The second-order valence-corrected chi connectivity index (χ2v) is 4.67. The second-order valence-electron chi connectivity index (χ2n) is 4.26. The van der Waals surface area contributed by atoms with Crippen molar-refractivity contribution in [2.45, 2.75) is 0 Å². The molecule has 5 nitrogen and oxygen atoms in total. The van der Waals surface area contributed by atoms with Crippen LogP contribution in [0.3, 0.4) is 0 Å². The third-order valence-corrected chi connectivity index (χ3v) is 3.21. The average molecular weight is 307 g/mol. The first-order valence-corrected chi connectivity index (χ1v) is 6.51. The Labute approximate surface area is 127 Å². The van der Waals surface area contributed by atoms with Crippen LogP contribution in [0, 0.1) is 0 Å². The number of hydrogen-bond donors (Lipinski definition) is 2. The Kier molecular flexibility index (Phi) is 4.55. The summed E-state index contributed by atoms with van der Waals surface area (Å²) in [6, 6.07) is 9.82. The first kappa shape index (κ1) is 15.0. The van der Waals surface area contributed by atoms with Gasteiger partial charge in [-0.15, -0.1) is 0 Å². The molecular weight excluding hydrogens is 292 g/mol. The molecular formula is C15H15ClN2O3. The molecule has 1 amide bonds. The molecule has 3 N–H and O–H groups in total. The number of anilines is 2. The summed E-state index contributed by atoms with van der Waals surface area (Å²) in [4.78, 5) is 12.2. The molecule has 2 rings (SSSR count). The Balaban J connectivity index is 2.25. The van der Waals surface area contributed by atoms with Crippen LogP contribution in [0.2, 0.25) is 5.02 Å². The quantitative estimate of drug-likeness (QED) is 0.851. The Morgan fingerprint density at radius 2 is 1.81 bits per heavy atom. The highest BCUT2D eigenvalue weighted by molar-refractivity contribution is 6.34. The number of rotatable bonds is 4. The van der Waals surface area contributed by atoms with Crippen molar-refractivity contribution >= 4 is 28.9 Å². The molecule has 0 aliphatic rings. The number of carbonyl (C=O) groups is 1. The normalized spacial score (nSPS) is 10.0. The van der Waals surface area contributed by atoms with Crippen LogP contribution in [0.15, 0.2) is 36.4 Å². The van der Waals surface area contributed by atoms with Gasteiger partial charge in [0, 0.05) is 17.4 Å². The number of hydrogen-bond acceptors (Lipinski definition) is 4. The molecule has 110 valence electrons. The summed E-state index contributed by atoms with van der Waals surface area (Å²) in [6.07, 6.45) is 0. The van der Waals surface area contributed by atoms with Gasteiger partial charge in [-0.1, -0.05) is 11.6 Å². The Morgan fingerprint density at radius 1 is 1.10 bits per heavy atom. The first-order chi connectivity index (χ1) is 10.0. The van der Waals surface area contributed by atoms with Crippen molar-refractivity contribution in [3.8, 4) is 11.5 Å².